The smallest absolute Gasteiger partial charge is 0.272 e. The predicted octanol–water partition coefficient (Wildman–Crippen LogP) is 2.53. The highest BCUT2D eigenvalue weighted by atomic mass is 16.3. The molecule has 118 valence electrons. The summed E-state index contributed by atoms with van der Waals surface area (Å²) in [5.74, 6) is -0.112. The molecule has 0 aliphatic rings. The van der Waals surface area contributed by atoms with Gasteiger partial charge in [-0.05, 0) is 30.2 Å². The summed E-state index contributed by atoms with van der Waals surface area (Å²) in [6, 6.07) is 16.8. The maximum Gasteiger partial charge on any atom is 0.272 e. The van der Waals surface area contributed by atoms with Gasteiger partial charge in [0, 0.05) is 13.6 Å². The van der Waals surface area contributed by atoms with Gasteiger partial charge in [-0.25, -0.2) is 4.52 Å². The van der Waals surface area contributed by atoms with E-state index in [9.17, 15) is 9.90 Å². The molecule has 1 atom stereocenters. The molecule has 0 saturated carbocycles. The van der Waals surface area contributed by atoms with Crippen LogP contribution in [0.25, 0.3) is 5.52 Å². The normalized spacial score (nSPS) is 12.3. The molecule has 0 radical (unpaired) electrons. The number of benzene rings is 1. The molecule has 5 nitrogen and oxygen atoms in total. The van der Waals surface area contributed by atoms with Crippen LogP contribution in [0.15, 0.2) is 60.8 Å². The highest BCUT2D eigenvalue weighted by Crippen LogP contribution is 2.17. The van der Waals surface area contributed by atoms with Gasteiger partial charge in [0.2, 0.25) is 0 Å². The molecule has 0 aliphatic heterocycles. The molecule has 0 bridgehead atoms. The molecule has 3 rings (SSSR count). The Morgan fingerprint density at radius 3 is 2.74 bits per heavy atom. The monoisotopic (exact) mass is 309 g/mol. The molecule has 2 aromatic heterocycles. The van der Waals surface area contributed by atoms with Crippen molar-refractivity contribution in [3.8, 4) is 0 Å². The minimum absolute atomic E-state index is 0.112. The lowest BCUT2D eigenvalue weighted by Gasteiger charge is -2.20. The third-order valence-electron chi connectivity index (χ3n) is 3.91. The van der Waals surface area contributed by atoms with Crippen LogP contribution in [0.5, 0.6) is 0 Å². The fourth-order valence-electron chi connectivity index (χ4n) is 2.57. The molecule has 0 fully saturated rings. The van der Waals surface area contributed by atoms with E-state index in [1.165, 1.54) is 0 Å². The Balaban J connectivity index is 1.67. The van der Waals surface area contributed by atoms with Crippen LogP contribution in [-0.4, -0.2) is 39.1 Å². The van der Waals surface area contributed by atoms with Crippen LogP contribution in [0.4, 0.5) is 0 Å². The van der Waals surface area contributed by atoms with Gasteiger partial charge >= 0.3 is 0 Å². The number of aliphatic hydroxyl groups excluding tert-OH is 1. The van der Waals surface area contributed by atoms with E-state index < -0.39 is 6.10 Å². The minimum Gasteiger partial charge on any atom is -0.388 e. The van der Waals surface area contributed by atoms with Crippen molar-refractivity contribution in [1.82, 2.24) is 14.5 Å². The predicted molar refractivity (Wildman–Crippen MR) is 88.2 cm³/mol. The average molecular weight is 309 g/mol. The van der Waals surface area contributed by atoms with Crippen molar-refractivity contribution in [1.29, 1.82) is 0 Å². The third-order valence-corrected chi connectivity index (χ3v) is 3.91. The number of rotatable bonds is 5. The lowest BCUT2D eigenvalue weighted by atomic mass is 10.1. The van der Waals surface area contributed by atoms with Crippen LogP contribution in [0.1, 0.15) is 28.6 Å². The lowest BCUT2D eigenvalue weighted by molar-refractivity contribution is 0.0753. The lowest BCUT2D eigenvalue weighted by Crippen LogP contribution is -2.30. The molecule has 1 amide bonds. The maximum absolute atomic E-state index is 12.6. The first-order chi connectivity index (χ1) is 11.2. The molecule has 23 heavy (non-hydrogen) atoms. The SMILES string of the molecule is CN(CCC(O)c1ccccc1)C(=O)c1cccc2ccnn12. The summed E-state index contributed by atoms with van der Waals surface area (Å²) in [5.41, 5.74) is 2.26. The van der Waals surface area contributed by atoms with Gasteiger partial charge in [-0.15, -0.1) is 0 Å². The number of hydrogen-bond acceptors (Lipinski definition) is 3. The summed E-state index contributed by atoms with van der Waals surface area (Å²) in [6.45, 7) is 0.465. The molecule has 0 saturated heterocycles. The Bertz CT molecular complexity index is 798. The van der Waals surface area contributed by atoms with Gasteiger partial charge < -0.3 is 10.0 Å². The Hall–Kier alpha value is -2.66. The molecule has 0 aliphatic carbocycles. The first-order valence-electron chi connectivity index (χ1n) is 7.58. The number of fused-ring (bicyclic) bond motifs is 1. The van der Waals surface area contributed by atoms with Crippen LogP contribution in [0.3, 0.4) is 0 Å². The summed E-state index contributed by atoms with van der Waals surface area (Å²) < 4.78 is 1.63. The Kier molecular flexibility index (Phi) is 4.39. The number of carbonyl (C=O) groups excluding carboxylic acids is 1. The molecule has 1 aromatic carbocycles. The van der Waals surface area contributed by atoms with E-state index in [1.807, 2.05) is 48.5 Å². The first-order valence-corrected chi connectivity index (χ1v) is 7.58. The van der Waals surface area contributed by atoms with Crippen molar-refractivity contribution in [2.45, 2.75) is 12.5 Å². The van der Waals surface area contributed by atoms with Crippen molar-refractivity contribution < 1.29 is 9.90 Å². The van der Waals surface area contributed by atoms with Gasteiger partial charge in [-0.1, -0.05) is 36.4 Å². The Labute approximate surface area is 134 Å². The van der Waals surface area contributed by atoms with Crippen molar-refractivity contribution in [3.63, 3.8) is 0 Å². The van der Waals surface area contributed by atoms with Gasteiger partial charge in [0.15, 0.2) is 0 Å². The van der Waals surface area contributed by atoms with Gasteiger partial charge in [-0.3, -0.25) is 4.79 Å². The fourth-order valence-corrected chi connectivity index (χ4v) is 2.57. The number of aromatic nitrogens is 2. The molecular weight excluding hydrogens is 290 g/mol. The van der Waals surface area contributed by atoms with E-state index in [0.29, 0.717) is 18.7 Å². The summed E-state index contributed by atoms with van der Waals surface area (Å²) in [6.07, 6.45) is 1.58. The molecular formula is C18H19N3O2. The second kappa shape index (κ2) is 6.62. The number of nitrogens with zero attached hydrogens (tertiary/aromatic N) is 3. The van der Waals surface area contributed by atoms with E-state index >= 15 is 0 Å². The standard InChI is InChI=1S/C18H19N3O2/c1-20(13-11-17(22)14-6-3-2-4-7-14)18(23)16-9-5-8-15-10-12-19-21(15)16/h2-10,12,17,22H,11,13H2,1H3. The molecule has 3 aromatic rings. The molecule has 0 spiro atoms. The van der Waals surface area contributed by atoms with Crippen molar-refractivity contribution in [2.24, 2.45) is 0 Å². The Morgan fingerprint density at radius 1 is 1.17 bits per heavy atom. The summed E-state index contributed by atoms with van der Waals surface area (Å²) in [7, 11) is 1.74. The van der Waals surface area contributed by atoms with E-state index in [4.69, 9.17) is 0 Å². The van der Waals surface area contributed by atoms with Crippen LogP contribution < -0.4 is 0 Å². The molecule has 5 heteroatoms. The quantitative estimate of drug-likeness (QED) is 0.788. The Morgan fingerprint density at radius 2 is 1.96 bits per heavy atom. The second-order valence-electron chi connectivity index (χ2n) is 5.52. The third kappa shape index (κ3) is 3.24. The van der Waals surface area contributed by atoms with Crippen LogP contribution in [0, 0.1) is 0 Å². The highest BCUT2D eigenvalue weighted by Gasteiger charge is 2.17. The van der Waals surface area contributed by atoms with Crippen molar-refractivity contribution >= 4 is 11.4 Å². The molecule has 2 heterocycles. The van der Waals surface area contributed by atoms with Crippen molar-refractivity contribution in [2.75, 3.05) is 13.6 Å². The summed E-state index contributed by atoms with van der Waals surface area (Å²) >= 11 is 0. The molecule has 1 N–H and O–H groups in total. The van der Waals surface area contributed by atoms with E-state index in [-0.39, 0.29) is 5.91 Å². The first kappa shape index (κ1) is 15.2. The second-order valence-corrected chi connectivity index (χ2v) is 5.52. The topological polar surface area (TPSA) is 57.8 Å². The minimum atomic E-state index is -0.577. The van der Waals surface area contributed by atoms with Gasteiger partial charge in [0.1, 0.15) is 5.69 Å². The highest BCUT2D eigenvalue weighted by molar-refractivity contribution is 5.93. The fraction of sp³-hybridized carbons (Fsp3) is 0.222. The number of hydrogen-bond donors (Lipinski definition) is 1. The van der Waals surface area contributed by atoms with Gasteiger partial charge in [0.05, 0.1) is 17.8 Å². The number of amides is 1. The zero-order valence-corrected chi connectivity index (χ0v) is 13.0. The number of aliphatic hydroxyl groups is 1. The van der Waals surface area contributed by atoms with E-state index in [2.05, 4.69) is 5.10 Å². The largest absolute Gasteiger partial charge is 0.388 e. The molecule has 1 unspecified atom stereocenters. The average Bonchev–Trinajstić information content (AvgIpc) is 3.08. The maximum atomic E-state index is 12.6. The van der Waals surface area contributed by atoms with E-state index in [0.717, 1.165) is 11.1 Å². The van der Waals surface area contributed by atoms with Crippen LogP contribution in [0.2, 0.25) is 0 Å². The zero-order valence-electron chi connectivity index (χ0n) is 13.0. The summed E-state index contributed by atoms with van der Waals surface area (Å²) in [5, 5.41) is 14.4. The number of pyridine rings is 1. The van der Waals surface area contributed by atoms with Crippen molar-refractivity contribution in [3.05, 3.63) is 72.1 Å². The van der Waals surface area contributed by atoms with Gasteiger partial charge in [-0.2, -0.15) is 5.10 Å². The van der Waals surface area contributed by atoms with Crippen LogP contribution >= 0.6 is 0 Å². The van der Waals surface area contributed by atoms with Crippen LogP contribution in [-0.2, 0) is 0 Å². The number of carbonyl (C=O) groups is 1. The van der Waals surface area contributed by atoms with Gasteiger partial charge in [0.25, 0.3) is 5.91 Å². The summed E-state index contributed by atoms with van der Waals surface area (Å²) in [4.78, 5) is 14.2. The van der Waals surface area contributed by atoms with E-state index in [1.54, 1.807) is 28.7 Å². The zero-order chi connectivity index (χ0) is 16.2.